The van der Waals surface area contributed by atoms with Crippen LogP contribution in [0, 0.1) is 5.82 Å². The summed E-state index contributed by atoms with van der Waals surface area (Å²) < 4.78 is 19.0. The summed E-state index contributed by atoms with van der Waals surface area (Å²) in [6, 6.07) is 14.3. The Hall–Kier alpha value is -1.84. The minimum absolute atomic E-state index is 0. The van der Waals surface area contributed by atoms with E-state index in [1.165, 1.54) is 12.1 Å². The summed E-state index contributed by atoms with van der Waals surface area (Å²) >= 11 is 0. The lowest BCUT2D eigenvalue weighted by atomic mass is 10.0. The van der Waals surface area contributed by atoms with Crippen LogP contribution < -0.4 is 5.73 Å². The average Bonchev–Trinajstić information content (AvgIpc) is 2.77. The van der Waals surface area contributed by atoms with Crippen LogP contribution in [0.2, 0.25) is 0 Å². The highest BCUT2D eigenvalue weighted by atomic mass is 35.5. The quantitative estimate of drug-likeness (QED) is 0.765. The number of rotatable bonds is 2. The molecule has 0 unspecified atom stereocenters. The maximum atomic E-state index is 13.4. The molecular weight excluding hydrogens is 265 g/mol. The molecule has 0 aliphatic heterocycles. The van der Waals surface area contributed by atoms with E-state index in [9.17, 15) is 4.39 Å². The van der Waals surface area contributed by atoms with Crippen molar-refractivity contribution in [3.05, 3.63) is 60.1 Å². The van der Waals surface area contributed by atoms with Gasteiger partial charge in [0.15, 0.2) is 0 Å². The number of benzene rings is 2. The zero-order valence-corrected chi connectivity index (χ0v) is 10.9. The Morgan fingerprint density at radius 1 is 1.05 bits per heavy atom. The van der Waals surface area contributed by atoms with Crippen molar-refractivity contribution in [2.24, 2.45) is 5.73 Å². The van der Waals surface area contributed by atoms with Crippen molar-refractivity contribution in [1.29, 1.82) is 0 Å². The Labute approximate surface area is 116 Å². The van der Waals surface area contributed by atoms with Gasteiger partial charge in [0.25, 0.3) is 0 Å². The molecule has 0 radical (unpaired) electrons. The fraction of sp³-hybridized carbons (Fsp3) is 0.0667. The zero-order chi connectivity index (χ0) is 12.5. The van der Waals surface area contributed by atoms with E-state index in [0.717, 1.165) is 16.5 Å². The molecule has 0 bridgehead atoms. The van der Waals surface area contributed by atoms with Crippen molar-refractivity contribution in [2.45, 2.75) is 6.54 Å². The number of hydrogen-bond donors (Lipinski definition) is 1. The molecule has 3 rings (SSSR count). The highest BCUT2D eigenvalue weighted by Crippen LogP contribution is 2.34. The van der Waals surface area contributed by atoms with Crippen LogP contribution in [0.5, 0.6) is 0 Å². The lowest BCUT2D eigenvalue weighted by molar-refractivity contribution is 0.553. The molecule has 4 heteroatoms. The molecule has 2 aromatic carbocycles. The molecule has 2 N–H and O–H groups in total. The van der Waals surface area contributed by atoms with Crippen LogP contribution in [0.25, 0.3) is 22.1 Å². The summed E-state index contributed by atoms with van der Waals surface area (Å²) in [7, 11) is 0. The minimum Gasteiger partial charge on any atom is -0.459 e. The third kappa shape index (κ3) is 2.35. The summed E-state index contributed by atoms with van der Waals surface area (Å²) in [6.45, 7) is 0.292. The highest BCUT2D eigenvalue weighted by molar-refractivity contribution is 5.95. The first kappa shape index (κ1) is 13.6. The van der Waals surface area contributed by atoms with Crippen LogP contribution in [0.1, 0.15) is 5.76 Å². The smallest absolute Gasteiger partial charge is 0.135 e. The van der Waals surface area contributed by atoms with Gasteiger partial charge in [-0.3, -0.25) is 0 Å². The summed E-state index contributed by atoms with van der Waals surface area (Å²) in [5, 5.41) is 0.765. The molecule has 0 spiro atoms. The first-order valence-electron chi connectivity index (χ1n) is 5.76. The molecule has 0 saturated carbocycles. The first-order valence-corrected chi connectivity index (χ1v) is 5.76. The van der Waals surface area contributed by atoms with Crippen LogP contribution in [0.4, 0.5) is 4.39 Å². The van der Waals surface area contributed by atoms with E-state index in [0.29, 0.717) is 17.9 Å². The highest BCUT2D eigenvalue weighted by Gasteiger charge is 2.15. The molecule has 2 nitrogen and oxygen atoms in total. The molecule has 1 heterocycles. The second kappa shape index (κ2) is 5.43. The fourth-order valence-corrected chi connectivity index (χ4v) is 2.19. The molecule has 0 aliphatic carbocycles. The van der Waals surface area contributed by atoms with Crippen molar-refractivity contribution in [2.75, 3.05) is 0 Å². The number of halogens is 2. The number of nitrogens with two attached hydrogens (primary N) is 1. The van der Waals surface area contributed by atoms with Crippen LogP contribution in [0.3, 0.4) is 0 Å². The summed E-state index contributed by atoms with van der Waals surface area (Å²) in [5.74, 6) is 0.408. The van der Waals surface area contributed by atoms with Gasteiger partial charge in [0.1, 0.15) is 17.2 Å². The van der Waals surface area contributed by atoms with Gasteiger partial charge in [-0.25, -0.2) is 4.39 Å². The van der Waals surface area contributed by atoms with Gasteiger partial charge in [0.05, 0.1) is 6.54 Å². The van der Waals surface area contributed by atoms with Crippen LogP contribution in [-0.4, -0.2) is 0 Å². The van der Waals surface area contributed by atoms with Gasteiger partial charge >= 0.3 is 0 Å². The monoisotopic (exact) mass is 277 g/mol. The van der Waals surface area contributed by atoms with Gasteiger partial charge in [0, 0.05) is 10.9 Å². The molecule has 3 aromatic rings. The molecule has 0 amide bonds. The van der Waals surface area contributed by atoms with Crippen molar-refractivity contribution in [1.82, 2.24) is 0 Å². The molecule has 0 aliphatic rings. The standard InChI is InChI=1S/C15H12FNO.ClH/c16-11-6-7-13-12(8-11)15(14(9-17)18-13)10-4-2-1-3-5-10;/h1-8H,9,17H2;1H. The summed E-state index contributed by atoms with van der Waals surface area (Å²) in [6.07, 6.45) is 0. The number of hydrogen-bond acceptors (Lipinski definition) is 2. The molecular formula is C15H13ClFNO. The molecule has 0 saturated heterocycles. The van der Waals surface area contributed by atoms with E-state index in [1.807, 2.05) is 30.3 Å². The van der Waals surface area contributed by atoms with Gasteiger partial charge in [-0.2, -0.15) is 0 Å². The van der Waals surface area contributed by atoms with Crippen molar-refractivity contribution in [3.63, 3.8) is 0 Å². The summed E-state index contributed by atoms with van der Waals surface area (Å²) in [5.41, 5.74) is 8.24. The Balaban J connectivity index is 0.00000133. The number of fused-ring (bicyclic) bond motifs is 1. The molecule has 1 aromatic heterocycles. The zero-order valence-electron chi connectivity index (χ0n) is 10.1. The third-order valence-corrected chi connectivity index (χ3v) is 2.97. The van der Waals surface area contributed by atoms with Gasteiger partial charge in [0.2, 0.25) is 0 Å². The Morgan fingerprint density at radius 2 is 1.79 bits per heavy atom. The van der Waals surface area contributed by atoms with E-state index in [4.69, 9.17) is 10.2 Å². The van der Waals surface area contributed by atoms with Crippen molar-refractivity contribution >= 4 is 23.4 Å². The van der Waals surface area contributed by atoms with E-state index in [-0.39, 0.29) is 18.2 Å². The molecule has 19 heavy (non-hydrogen) atoms. The largest absolute Gasteiger partial charge is 0.459 e. The molecule has 0 atom stereocenters. The lowest BCUT2D eigenvalue weighted by Gasteiger charge is -2.01. The Bertz CT molecular complexity index is 694. The molecule has 98 valence electrons. The Kier molecular flexibility index (Phi) is 3.88. The molecule has 0 fully saturated rings. The normalized spacial score (nSPS) is 10.4. The van der Waals surface area contributed by atoms with Crippen LogP contribution in [-0.2, 0) is 6.54 Å². The van der Waals surface area contributed by atoms with Crippen molar-refractivity contribution in [3.8, 4) is 11.1 Å². The van der Waals surface area contributed by atoms with Gasteiger partial charge in [-0.15, -0.1) is 12.4 Å². The topological polar surface area (TPSA) is 39.2 Å². The van der Waals surface area contributed by atoms with Crippen LogP contribution in [0.15, 0.2) is 52.9 Å². The maximum Gasteiger partial charge on any atom is 0.135 e. The minimum atomic E-state index is -0.274. The van der Waals surface area contributed by atoms with E-state index >= 15 is 0 Å². The van der Waals surface area contributed by atoms with E-state index in [2.05, 4.69) is 0 Å². The summed E-state index contributed by atoms with van der Waals surface area (Å²) in [4.78, 5) is 0. The second-order valence-corrected chi connectivity index (χ2v) is 4.11. The van der Waals surface area contributed by atoms with Gasteiger partial charge < -0.3 is 10.2 Å². The van der Waals surface area contributed by atoms with Crippen molar-refractivity contribution < 1.29 is 8.81 Å². The van der Waals surface area contributed by atoms with Gasteiger partial charge in [-0.05, 0) is 23.8 Å². The first-order chi connectivity index (χ1) is 8.79. The maximum absolute atomic E-state index is 13.4. The predicted molar refractivity (Wildman–Crippen MR) is 76.7 cm³/mol. The van der Waals surface area contributed by atoms with Crippen LogP contribution >= 0.6 is 12.4 Å². The average molecular weight is 278 g/mol. The SMILES string of the molecule is Cl.NCc1oc2ccc(F)cc2c1-c1ccccc1. The van der Waals surface area contributed by atoms with E-state index in [1.54, 1.807) is 6.07 Å². The Morgan fingerprint density at radius 3 is 2.47 bits per heavy atom. The predicted octanol–water partition coefficient (Wildman–Crippen LogP) is 4.12. The number of furan rings is 1. The van der Waals surface area contributed by atoms with E-state index < -0.39 is 0 Å². The third-order valence-electron chi connectivity index (χ3n) is 2.97. The second-order valence-electron chi connectivity index (χ2n) is 4.11. The fourth-order valence-electron chi connectivity index (χ4n) is 2.19. The lowest BCUT2D eigenvalue weighted by Crippen LogP contribution is -1.95. The van der Waals surface area contributed by atoms with Gasteiger partial charge in [-0.1, -0.05) is 30.3 Å².